The van der Waals surface area contributed by atoms with Gasteiger partial charge in [-0.15, -0.1) is 0 Å². The lowest BCUT2D eigenvalue weighted by Crippen LogP contribution is -2.40. The van der Waals surface area contributed by atoms with Gasteiger partial charge in [-0.05, 0) is 62.9 Å². The third-order valence-electron chi connectivity index (χ3n) is 6.05. The van der Waals surface area contributed by atoms with Gasteiger partial charge in [-0.1, -0.05) is 59.2 Å². The van der Waals surface area contributed by atoms with Crippen LogP contribution in [-0.2, 0) is 17.8 Å². The highest BCUT2D eigenvalue weighted by Crippen LogP contribution is 2.22. The summed E-state index contributed by atoms with van der Waals surface area (Å²) in [5.41, 5.74) is 3.24. The van der Waals surface area contributed by atoms with Crippen molar-refractivity contribution in [1.82, 2.24) is 20.4 Å². The van der Waals surface area contributed by atoms with Crippen LogP contribution in [0.3, 0.4) is 0 Å². The number of carbonyl (C=O) groups excluding carboxylic acids is 1. The zero-order chi connectivity index (χ0) is 22.3. The smallest absolute Gasteiger partial charge is 0.241 e. The summed E-state index contributed by atoms with van der Waals surface area (Å²) in [4.78, 5) is 19.4. The molecule has 7 heteroatoms. The van der Waals surface area contributed by atoms with Crippen molar-refractivity contribution in [3.63, 3.8) is 0 Å². The Morgan fingerprint density at radius 3 is 2.69 bits per heavy atom. The number of likely N-dealkylation sites (tertiary alicyclic amines) is 1. The molecule has 1 aromatic heterocycles. The molecule has 3 aromatic rings. The molecule has 0 atom stereocenters. The normalized spacial score (nSPS) is 15.1. The Kier molecular flexibility index (Phi) is 7.55. The number of hydrogen-bond acceptors (Lipinski definition) is 5. The molecule has 1 amide bonds. The summed E-state index contributed by atoms with van der Waals surface area (Å²) in [6.45, 7) is 5.02. The second-order valence-electron chi connectivity index (χ2n) is 8.36. The van der Waals surface area contributed by atoms with E-state index in [-0.39, 0.29) is 11.8 Å². The number of piperidine rings is 1. The molecule has 0 saturated carbocycles. The van der Waals surface area contributed by atoms with Gasteiger partial charge in [0, 0.05) is 23.0 Å². The molecular weight excluding hydrogens is 424 g/mol. The molecule has 0 aliphatic carbocycles. The van der Waals surface area contributed by atoms with Crippen LogP contribution < -0.4 is 5.32 Å². The van der Waals surface area contributed by atoms with Crippen LogP contribution in [0.4, 0.5) is 0 Å². The van der Waals surface area contributed by atoms with Gasteiger partial charge in [-0.2, -0.15) is 4.98 Å². The highest BCUT2D eigenvalue weighted by Gasteiger charge is 2.25. The van der Waals surface area contributed by atoms with Crippen LogP contribution in [0, 0.1) is 12.8 Å². The van der Waals surface area contributed by atoms with Crippen LogP contribution in [0.5, 0.6) is 0 Å². The second-order valence-corrected chi connectivity index (χ2v) is 8.77. The first kappa shape index (κ1) is 22.5. The Bertz CT molecular complexity index is 1040. The van der Waals surface area contributed by atoms with Crippen molar-refractivity contribution in [2.24, 2.45) is 5.92 Å². The monoisotopic (exact) mass is 452 g/mol. The Balaban J connectivity index is 1.19. The van der Waals surface area contributed by atoms with Gasteiger partial charge in [0.1, 0.15) is 0 Å². The van der Waals surface area contributed by atoms with Gasteiger partial charge in [-0.25, -0.2) is 0 Å². The molecule has 0 bridgehead atoms. The number of nitrogens with zero attached hydrogens (tertiary/aromatic N) is 3. The van der Waals surface area contributed by atoms with E-state index in [4.69, 9.17) is 16.1 Å². The fraction of sp³-hybridized carbons (Fsp3) is 0.400. The molecule has 4 rings (SSSR count). The maximum absolute atomic E-state index is 12.5. The zero-order valence-electron chi connectivity index (χ0n) is 18.4. The second kappa shape index (κ2) is 10.7. The lowest BCUT2D eigenvalue weighted by atomic mass is 9.96. The molecule has 2 aromatic carbocycles. The Labute approximate surface area is 194 Å². The summed E-state index contributed by atoms with van der Waals surface area (Å²) in [6, 6.07) is 15.9. The van der Waals surface area contributed by atoms with Crippen LogP contribution in [-0.4, -0.2) is 40.6 Å². The number of carbonyl (C=O) groups is 1. The minimum Gasteiger partial charge on any atom is -0.356 e. The highest BCUT2D eigenvalue weighted by atomic mass is 35.5. The van der Waals surface area contributed by atoms with Gasteiger partial charge in [0.25, 0.3) is 0 Å². The fourth-order valence-corrected chi connectivity index (χ4v) is 4.36. The lowest BCUT2D eigenvalue weighted by molar-refractivity contribution is -0.126. The molecule has 1 N–H and O–H groups in total. The number of aryl methyl sites for hydroxylation is 2. The van der Waals surface area contributed by atoms with Crippen molar-refractivity contribution < 1.29 is 9.32 Å². The maximum atomic E-state index is 12.5. The predicted molar refractivity (Wildman–Crippen MR) is 125 cm³/mol. The van der Waals surface area contributed by atoms with E-state index < -0.39 is 0 Å². The number of nitrogens with one attached hydrogen (secondary N) is 1. The van der Waals surface area contributed by atoms with Crippen LogP contribution >= 0.6 is 11.6 Å². The quantitative estimate of drug-likeness (QED) is 0.503. The largest absolute Gasteiger partial charge is 0.356 e. The van der Waals surface area contributed by atoms with Gasteiger partial charge in [0.05, 0.1) is 6.54 Å². The standard InChI is InChI=1S/C25H29ClN4O2/c1-18-7-2-4-10-21(18)24-28-23(32-29-24)17-30-15-12-20(13-16-30)25(31)27-14-6-9-19-8-3-5-11-22(19)26/h2-5,7-8,10-11,20H,6,9,12-17H2,1H3,(H,27,31). The first-order chi connectivity index (χ1) is 15.6. The molecule has 6 nitrogen and oxygen atoms in total. The summed E-state index contributed by atoms with van der Waals surface area (Å²) in [7, 11) is 0. The van der Waals surface area contributed by atoms with E-state index in [1.165, 1.54) is 0 Å². The minimum atomic E-state index is 0.0665. The molecule has 1 aliphatic heterocycles. The molecule has 0 spiro atoms. The molecule has 0 unspecified atom stereocenters. The molecule has 2 heterocycles. The highest BCUT2D eigenvalue weighted by molar-refractivity contribution is 6.31. The van der Waals surface area contributed by atoms with Gasteiger partial charge >= 0.3 is 0 Å². The van der Waals surface area contributed by atoms with E-state index in [9.17, 15) is 4.79 Å². The number of amides is 1. The van der Waals surface area contributed by atoms with Crippen LogP contribution in [0.2, 0.25) is 5.02 Å². The summed E-state index contributed by atoms with van der Waals surface area (Å²) in [5.74, 6) is 1.47. The van der Waals surface area contributed by atoms with Crippen molar-refractivity contribution in [3.05, 3.63) is 70.6 Å². The van der Waals surface area contributed by atoms with Crippen LogP contribution in [0.25, 0.3) is 11.4 Å². The Morgan fingerprint density at radius 1 is 1.16 bits per heavy atom. The molecule has 1 saturated heterocycles. The molecular formula is C25H29ClN4O2. The van der Waals surface area contributed by atoms with Crippen LogP contribution in [0.15, 0.2) is 53.1 Å². The van der Waals surface area contributed by atoms with E-state index >= 15 is 0 Å². The van der Waals surface area contributed by atoms with E-state index in [2.05, 4.69) is 20.4 Å². The molecule has 1 aliphatic rings. The van der Waals surface area contributed by atoms with Gasteiger partial charge in [0.15, 0.2) is 0 Å². The average molecular weight is 453 g/mol. The predicted octanol–water partition coefficient (Wildman–Crippen LogP) is 4.66. The van der Waals surface area contributed by atoms with Crippen molar-refractivity contribution in [3.8, 4) is 11.4 Å². The van der Waals surface area contributed by atoms with E-state index in [1.807, 2.05) is 55.5 Å². The van der Waals surface area contributed by atoms with E-state index in [1.54, 1.807) is 0 Å². The Hall–Kier alpha value is -2.70. The number of hydrogen-bond donors (Lipinski definition) is 1. The fourth-order valence-electron chi connectivity index (χ4n) is 4.13. The number of benzene rings is 2. The van der Waals surface area contributed by atoms with E-state index in [0.29, 0.717) is 24.8 Å². The summed E-state index contributed by atoms with van der Waals surface area (Å²) in [5, 5.41) is 8.02. The first-order valence-electron chi connectivity index (χ1n) is 11.2. The molecule has 32 heavy (non-hydrogen) atoms. The molecule has 0 radical (unpaired) electrons. The third-order valence-corrected chi connectivity index (χ3v) is 6.42. The number of rotatable bonds is 8. The van der Waals surface area contributed by atoms with Crippen molar-refractivity contribution in [1.29, 1.82) is 0 Å². The van der Waals surface area contributed by atoms with Gasteiger partial charge < -0.3 is 9.84 Å². The van der Waals surface area contributed by atoms with Crippen molar-refractivity contribution >= 4 is 17.5 Å². The topological polar surface area (TPSA) is 71.3 Å². The summed E-state index contributed by atoms with van der Waals surface area (Å²) < 4.78 is 5.47. The SMILES string of the molecule is Cc1ccccc1-c1noc(CN2CCC(C(=O)NCCCc3ccccc3Cl)CC2)n1. The Morgan fingerprint density at radius 2 is 1.91 bits per heavy atom. The van der Waals surface area contributed by atoms with Crippen molar-refractivity contribution in [2.45, 2.75) is 39.2 Å². The van der Waals surface area contributed by atoms with Crippen LogP contribution in [0.1, 0.15) is 36.3 Å². The average Bonchev–Trinajstić information content (AvgIpc) is 3.26. The minimum absolute atomic E-state index is 0.0665. The zero-order valence-corrected chi connectivity index (χ0v) is 19.1. The van der Waals surface area contributed by atoms with E-state index in [0.717, 1.165) is 60.5 Å². The molecule has 168 valence electrons. The maximum Gasteiger partial charge on any atom is 0.241 e. The lowest BCUT2D eigenvalue weighted by Gasteiger charge is -2.30. The van der Waals surface area contributed by atoms with Crippen molar-refractivity contribution in [2.75, 3.05) is 19.6 Å². The summed E-state index contributed by atoms with van der Waals surface area (Å²) >= 11 is 6.19. The third kappa shape index (κ3) is 5.75. The molecule has 1 fully saturated rings. The summed E-state index contributed by atoms with van der Waals surface area (Å²) in [6.07, 6.45) is 3.44. The number of aromatic nitrogens is 2. The van der Waals surface area contributed by atoms with Gasteiger partial charge in [0.2, 0.25) is 17.6 Å². The first-order valence-corrected chi connectivity index (χ1v) is 11.6. The van der Waals surface area contributed by atoms with Gasteiger partial charge in [-0.3, -0.25) is 9.69 Å². The number of halogens is 1.